The van der Waals surface area contributed by atoms with Crippen molar-refractivity contribution >= 4 is 45.7 Å². The summed E-state index contributed by atoms with van der Waals surface area (Å²) in [6.45, 7) is 26.1. The number of likely N-dealkylation sites (tertiary alicyclic amines) is 4. The molecule has 0 aliphatic carbocycles. The SMILES string of the molecule is C=CC(=O)N1CCCC[C@H]1c1nc(-c2ccc(COc3ccc(F)c(C)c3)cc2)c2c(C)nccn12.C=CC(=O)N1CCCC[C@H]1c1nc(-c2ccc(OCc3cccc(F)c3)cc2)c2c(C)nccn12.CC#CC(=O)N1CCCC[C@H]1c1nc(-c2ccc(COc3ccc(F)c(C)c3)cc2)c2c(C)nccn12.CC#CC(=O)N1CCCC[C@H]1c1nc(-c2ccc(OCc3cccc(F)c3)cc2)c2c(C)nccn12. The Labute approximate surface area is 834 Å². The zero-order valence-electron chi connectivity index (χ0n) is 81.9. The van der Waals surface area contributed by atoms with E-state index in [1.54, 1.807) is 88.9 Å². The lowest BCUT2D eigenvalue weighted by molar-refractivity contribution is -0.130. The Morgan fingerprint density at radius 2 is 0.625 bits per heavy atom. The molecule has 0 radical (unpaired) electrons. The number of piperidine rings is 4. The highest BCUT2D eigenvalue weighted by atomic mass is 19.1. The average molecular weight is 1930 g/mol. The molecule has 4 saturated heterocycles. The van der Waals surface area contributed by atoms with Crippen LogP contribution in [0.1, 0.15) is 195 Å². The van der Waals surface area contributed by atoms with Crippen molar-refractivity contribution in [2.24, 2.45) is 0 Å². The molecule has 16 aromatic rings. The fourth-order valence-electron chi connectivity index (χ4n) is 19.3. The quantitative estimate of drug-likeness (QED) is 0.0348. The van der Waals surface area contributed by atoms with E-state index in [0.717, 1.165) is 212 Å². The van der Waals surface area contributed by atoms with Crippen LogP contribution in [0, 0.1) is 88.5 Å². The van der Waals surface area contributed by atoms with Crippen molar-refractivity contribution in [3.05, 3.63) is 360 Å². The molecule has 732 valence electrons. The minimum atomic E-state index is -0.280. The predicted molar refractivity (Wildman–Crippen MR) is 546 cm³/mol. The second-order valence-electron chi connectivity index (χ2n) is 36.1. The maximum absolute atomic E-state index is 13.5. The Hall–Kier alpha value is -16.4. The third-order valence-corrected chi connectivity index (χ3v) is 26.5. The monoisotopic (exact) mass is 1930 g/mol. The lowest BCUT2D eigenvalue weighted by Crippen LogP contribution is -2.38. The van der Waals surface area contributed by atoms with Gasteiger partial charge in [0, 0.05) is 98.0 Å². The van der Waals surface area contributed by atoms with Crippen LogP contribution in [0.2, 0.25) is 0 Å². The minimum absolute atomic E-state index is 0.0653. The lowest BCUT2D eigenvalue weighted by atomic mass is 10.0. The topological polar surface area (TPSA) is 239 Å². The second-order valence-corrected chi connectivity index (χ2v) is 36.1. The highest BCUT2D eigenvalue weighted by Crippen LogP contribution is 2.43. The molecule has 0 saturated carbocycles. The van der Waals surface area contributed by atoms with E-state index in [1.165, 1.54) is 48.6 Å². The van der Waals surface area contributed by atoms with Gasteiger partial charge in [0.1, 0.15) is 96.0 Å². The van der Waals surface area contributed by atoms with Gasteiger partial charge >= 0.3 is 0 Å². The first-order valence-corrected chi connectivity index (χ1v) is 48.6. The normalized spacial score (nSPS) is 15.6. The van der Waals surface area contributed by atoms with E-state index < -0.39 is 0 Å². The number of aromatic nitrogens is 12. The number of amides is 4. The summed E-state index contributed by atoms with van der Waals surface area (Å²) >= 11 is 0. The smallest absolute Gasteiger partial charge is 0.299 e. The minimum Gasteiger partial charge on any atom is -0.489 e. The Balaban J connectivity index is 0.000000132. The van der Waals surface area contributed by atoms with Crippen molar-refractivity contribution < 1.29 is 55.7 Å². The van der Waals surface area contributed by atoms with Crippen LogP contribution in [0.25, 0.3) is 67.1 Å². The number of imidazole rings is 4. The largest absolute Gasteiger partial charge is 0.489 e. The van der Waals surface area contributed by atoms with Gasteiger partial charge in [-0.25, -0.2) is 37.5 Å². The van der Waals surface area contributed by atoms with Gasteiger partial charge in [-0.1, -0.05) is 97.8 Å². The van der Waals surface area contributed by atoms with E-state index in [9.17, 15) is 36.7 Å². The van der Waals surface area contributed by atoms with Crippen LogP contribution in [0.5, 0.6) is 23.0 Å². The fourth-order valence-corrected chi connectivity index (χ4v) is 19.3. The standard InChI is InChI=1S/C30H29FN4O2.C29H29FN4O2.C29H27FN4O2.C28H27FN4O2/c1-4-7-27(36)34-16-6-5-8-26(34)30-33-28(29-21(3)32-15-17-35(29)30)23-11-9-22(10-12-23)19-37-24-13-14-25(31)20(2)18-24;1-4-26(35)33-15-6-5-7-25(33)29-32-27(28-20(3)31-14-16-34(28)29)22-10-8-21(9-11-22)18-36-23-12-13-24(30)19(2)17-23;1-3-7-26(35)33-16-5-4-10-25(33)29-32-27(28-20(2)31-15-17-34(28)29)22-11-13-24(14-12-22)36-19-21-8-6-9-23(30)18-21;1-3-25(34)32-15-5-4-9-24(32)28-31-26(27-19(2)30-14-16-33(27)28)21-10-12-23(13-11-21)35-18-20-7-6-8-22(29)17-20/h9-15,17-18,26H,5-6,8,16,19H2,1-3H3;4,8-14,16-17,25H,1,5-7,15,18H2,2-3H3;6,8-9,11-15,17-18,25H,4-5,10,16,19H2,1-2H3;3,6-8,10-14,16-17,24H,1,4-5,9,15,18H2,2H3/t26-;2*25-;24-/m0000/s1. The number of rotatable bonds is 22. The lowest BCUT2D eigenvalue weighted by Gasteiger charge is -2.34. The Morgan fingerprint density at radius 1 is 0.347 bits per heavy atom. The van der Waals surface area contributed by atoms with E-state index in [-0.39, 0.29) is 84.3 Å². The first-order chi connectivity index (χ1) is 70.0. The number of ether oxygens (including phenoxy) is 4. The molecule has 8 aromatic heterocycles. The maximum Gasteiger partial charge on any atom is 0.299 e. The summed E-state index contributed by atoms with van der Waals surface area (Å²) in [7, 11) is 0. The molecule has 24 nitrogen and oxygen atoms in total. The van der Waals surface area contributed by atoms with Crippen LogP contribution in [-0.4, -0.2) is 127 Å². The Kier molecular flexibility index (Phi) is 31.3. The fraction of sp³-hybridized carbons (Fsp3) is 0.276. The molecular formula is C116H112F4N16O8. The molecule has 0 bridgehead atoms. The number of benzene rings is 8. The van der Waals surface area contributed by atoms with Crippen molar-refractivity contribution in [3.8, 4) is 91.7 Å². The summed E-state index contributed by atoms with van der Waals surface area (Å²) in [5, 5.41) is 0. The van der Waals surface area contributed by atoms with E-state index >= 15 is 0 Å². The van der Waals surface area contributed by atoms with Gasteiger partial charge in [-0.15, -0.1) is 0 Å². The van der Waals surface area contributed by atoms with E-state index in [0.29, 0.717) is 73.5 Å². The van der Waals surface area contributed by atoms with Gasteiger partial charge in [-0.2, -0.15) is 0 Å². The van der Waals surface area contributed by atoms with Gasteiger partial charge in [0.05, 0.1) is 91.8 Å². The van der Waals surface area contributed by atoms with Crippen LogP contribution >= 0.6 is 0 Å². The highest BCUT2D eigenvalue weighted by molar-refractivity contribution is 5.95. The number of carbonyl (C=O) groups excluding carboxylic acids is 4. The van der Waals surface area contributed by atoms with Crippen LogP contribution in [0.15, 0.2) is 257 Å². The predicted octanol–water partition coefficient (Wildman–Crippen LogP) is 22.9. The van der Waals surface area contributed by atoms with Crippen molar-refractivity contribution in [2.45, 2.75) is 183 Å². The zero-order valence-corrected chi connectivity index (χ0v) is 81.9. The molecule has 0 N–H and O–H groups in total. The Morgan fingerprint density at radius 3 is 0.917 bits per heavy atom. The molecule has 28 heteroatoms. The summed E-state index contributed by atoms with van der Waals surface area (Å²) in [6, 6.07) is 53.3. The van der Waals surface area contributed by atoms with Crippen LogP contribution in [0.3, 0.4) is 0 Å². The first-order valence-electron chi connectivity index (χ1n) is 48.6. The number of halogens is 4. The molecule has 4 aliphatic heterocycles. The Bertz CT molecular complexity index is 7560. The van der Waals surface area contributed by atoms with Crippen LogP contribution in [0.4, 0.5) is 17.6 Å². The molecule has 12 heterocycles. The van der Waals surface area contributed by atoms with Gasteiger partial charge in [-0.05, 0) is 299 Å². The summed E-state index contributed by atoms with van der Waals surface area (Å²) < 4.78 is 85.6. The van der Waals surface area contributed by atoms with Crippen molar-refractivity contribution in [1.82, 2.24) is 77.1 Å². The number of hydrogen-bond donors (Lipinski definition) is 0. The summed E-state index contributed by atoms with van der Waals surface area (Å²) in [5.41, 5.74) is 18.9. The summed E-state index contributed by atoms with van der Waals surface area (Å²) in [4.78, 5) is 96.5. The number of hydrogen-bond acceptors (Lipinski definition) is 16. The molecule has 4 aliphatic rings. The zero-order chi connectivity index (χ0) is 101. The third-order valence-electron chi connectivity index (χ3n) is 26.5. The van der Waals surface area contributed by atoms with Gasteiger partial charge in [0.2, 0.25) is 11.8 Å². The van der Waals surface area contributed by atoms with E-state index in [4.69, 9.17) is 38.9 Å². The van der Waals surface area contributed by atoms with Gasteiger partial charge in [-0.3, -0.25) is 56.7 Å². The van der Waals surface area contributed by atoms with Gasteiger partial charge < -0.3 is 38.5 Å². The molecule has 0 spiro atoms. The van der Waals surface area contributed by atoms with Crippen molar-refractivity contribution in [1.29, 1.82) is 0 Å². The molecule has 0 unspecified atom stereocenters. The second kappa shape index (κ2) is 45.5. The van der Waals surface area contributed by atoms with Crippen molar-refractivity contribution in [3.63, 3.8) is 0 Å². The molecule has 144 heavy (non-hydrogen) atoms. The van der Waals surface area contributed by atoms with Gasteiger partial charge in [0.25, 0.3) is 11.8 Å². The summed E-state index contributed by atoms with van der Waals surface area (Å²) in [6.07, 6.45) is 28.9. The molecular weight excluding hydrogens is 1820 g/mol. The maximum atomic E-state index is 13.5. The molecule has 20 rings (SSSR count). The molecule has 4 amide bonds. The molecule has 8 aromatic carbocycles. The molecule has 4 fully saturated rings. The van der Waals surface area contributed by atoms with Crippen LogP contribution < -0.4 is 18.9 Å². The number of aryl methyl sites for hydroxylation is 6. The van der Waals surface area contributed by atoms with E-state index in [1.807, 2.05) is 181 Å². The van der Waals surface area contributed by atoms with E-state index in [2.05, 4.69) is 74.4 Å². The third kappa shape index (κ3) is 22.3. The first kappa shape index (κ1) is 99.2. The average Bonchev–Trinajstić information content (AvgIpc) is 1.62. The summed E-state index contributed by atoms with van der Waals surface area (Å²) in [5.74, 6) is 15.4. The highest BCUT2D eigenvalue weighted by Gasteiger charge is 2.37. The van der Waals surface area contributed by atoms with Crippen molar-refractivity contribution in [2.75, 3.05) is 26.2 Å². The number of nitrogens with zero attached hydrogens (tertiary/aromatic N) is 16. The number of carbonyl (C=O) groups is 4. The number of fused-ring (bicyclic) bond motifs is 4. The van der Waals surface area contributed by atoms with Crippen LogP contribution in [-0.2, 0) is 45.6 Å². The molecule has 4 atom stereocenters. The van der Waals surface area contributed by atoms with Gasteiger partial charge in [0.15, 0.2) is 0 Å².